The highest BCUT2D eigenvalue weighted by Gasteiger charge is 2.26. The summed E-state index contributed by atoms with van der Waals surface area (Å²) in [7, 11) is 0. The number of alkyl halides is 2. The molecule has 0 saturated carbocycles. The van der Waals surface area contributed by atoms with E-state index in [0.717, 1.165) is 37.7 Å². The summed E-state index contributed by atoms with van der Waals surface area (Å²) in [6, 6.07) is 17.5. The van der Waals surface area contributed by atoms with Gasteiger partial charge in [-0.1, -0.05) is 30.3 Å². The van der Waals surface area contributed by atoms with Crippen molar-refractivity contribution in [1.82, 2.24) is 25.4 Å². The smallest absolute Gasteiger partial charge is 0.328 e. The van der Waals surface area contributed by atoms with Crippen LogP contribution < -0.4 is 15.5 Å². The highest BCUT2D eigenvalue weighted by molar-refractivity contribution is 6.05. The van der Waals surface area contributed by atoms with Gasteiger partial charge in [-0.05, 0) is 87.7 Å². The van der Waals surface area contributed by atoms with E-state index >= 15 is 4.39 Å². The number of amides is 3. The highest BCUT2D eigenvalue weighted by atomic mass is 19.3. The van der Waals surface area contributed by atoms with E-state index in [1.165, 1.54) is 23.8 Å². The first-order valence-corrected chi connectivity index (χ1v) is 17.2. The molecule has 9 nitrogen and oxygen atoms in total. The third-order valence-corrected chi connectivity index (χ3v) is 10.0. The summed E-state index contributed by atoms with van der Waals surface area (Å²) >= 11 is 0. The second-order valence-corrected chi connectivity index (χ2v) is 13.4. The van der Waals surface area contributed by atoms with Crippen molar-refractivity contribution in [2.24, 2.45) is 0 Å². The SMILES string of the molecule is Cc1nnc(N[C@H](C)c2cccc(C(F)F)c2F)c2cc(-c3ccc(F)c(CN4CCC(c5ccc(N6CCC(=O)NC6=O)cc5)CC4)c3)ncc12. The molecule has 5 aromatic rings. The predicted molar refractivity (Wildman–Crippen MR) is 190 cm³/mol. The number of benzene rings is 3. The molecular weight excluding hydrogens is 674 g/mol. The lowest BCUT2D eigenvalue weighted by molar-refractivity contribution is -0.120. The van der Waals surface area contributed by atoms with Crippen molar-refractivity contribution < 1.29 is 27.2 Å². The summed E-state index contributed by atoms with van der Waals surface area (Å²) in [6.45, 7) is 5.81. The molecule has 0 unspecified atom stereocenters. The summed E-state index contributed by atoms with van der Waals surface area (Å²) in [5, 5.41) is 15.4. The first-order valence-electron chi connectivity index (χ1n) is 17.2. The van der Waals surface area contributed by atoms with Crippen LogP contribution >= 0.6 is 0 Å². The Morgan fingerprint density at radius 3 is 2.40 bits per heavy atom. The number of piperidine rings is 1. The maximum Gasteiger partial charge on any atom is 0.328 e. The summed E-state index contributed by atoms with van der Waals surface area (Å²) < 4.78 is 56.9. The van der Waals surface area contributed by atoms with E-state index in [9.17, 15) is 22.8 Å². The number of carbonyl (C=O) groups is 2. The molecule has 2 aromatic heterocycles. The number of halogens is 4. The van der Waals surface area contributed by atoms with Crippen LogP contribution in [0.2, 0.25) is 0 Å². The van der Waals surface area contributed by atoms with E-state index in [1.54, 1.807) is 37.1 Å². The number of aryl methyl sites for hydroxylation is 1. The van der Waals surface area contributed by atoms with Gasteiger partial charge in [0.05, 0.1) is 23.0 Å². The number of nitrogens with one attached hydrogen (secondary N) is 2. The van der Waals surface area contributed by atoms with Gasteiger partial charge in [-0.25, -0.2) is 22.4 Å². The number of carbonyl (C=O) groups excluding carboxylic acids is 2. The largest absolute Gasteiger partial charge is 0.361 e. The number of anilines is 2. The second kappa shape index (κ2) is 14.7. The molecule has 268 valence electrons. The maximum atomic E-state index is 15.2. The second-order valence-electron chi connectivity index (χ2n) is 13.4. The Labute approximate surface area is 298 Å². The highest BCUT2D eigenvalue weighted by Crippen LogP contribution is 2.34. The number of imide groups is 1. The maximum absolute atomic E-state index is 15.2. The van der Waals surface area contributed by atoms with Crippen molar-refractivity contribution in [3.8, 4) is 11.3 Å². The monoisotopic (exact) mass is 711 g/mol. The van der Waals surface area contributed by atoms with E-state index in [4.69, 9.17) is 0 Å². The van der Waals surface area contributed by atoms with E-state index in [0.29, 0.717) is 58.1 Å². The fourth-order valence-electron chi connectivity index (χ4n) is 7.05. The molecule has 2 aliphatic rings. The van der Waals surface area contributed by atoms with Crippen LogP contribution in [0.4, 0.5) is 33.9 Å². The molecule has 2 aliphatic heterocycles. The van der Waals surface area contributed by atoms with Crippen LogP contribution in [0.25, 0.3) is 22.0 Å². The van der Waals surface area contributed by atoms with Gasteiger partial charge < -0.3 is 5.32 Å². The van der Waals surface area contributed by atoms with Crippen LogP contribution in [-0.2, 0) is 11.3 Å². The van der Waals surface area contributed by atoms with Crippen molar-refractivity contribution in [2.75, 3.05) is 29.9 Å². The van der Waals surface area contributed by atoms with Gasteiger partial charge in [0.25, 0.3) is 6.43 Å². The molecule has 0 radical (unpaired) electrons. The summed E-state index contributed by atoms with van der Waals surface area (Å²) in [4.78, 5) is 32.2. The Morgan fingerprint density at radius 2 is 1.67 bits per heavy atom. The molecule has 13 heteroatoms. The van der Waals surface area contributed by atoms with Gasteiger partial charge in [0.1, 0.15) is 11.6 Å². The van der Waals surface area contributed by atoms with Crippen LogP contribution in [0.1, 0.15) is 72.5 Å². The summed E-state index contributed by atoms with van der Waals surface area (Å²) in [6.07, 6.45) is 0.803. The predicted octanol–water partition coefficient (Wildman–Crippen LogP) is 8.22. The number of pyridine rings is 1. The Bertz CT molecular complexity index is 2140. The van der Waals surface area contributed by atoms with E-state index in [1.807, 2.05) is 30.3 Å². The zero-order chi connectivity index (χ0) is 36.5. The minimum Gasteiger partial charge on any atom is -0.361 e. The van der Waals surface area contributed by atoms with Gasteiger partial charge in [-0.3, -0.25) is 24.9 Å². The third kappa shape index (κ3) is 7.18. The molecule has 4 heterocycles. The van der Waals surface area contributed by atoms with Gasteiger partial charge in [0, 0.05) is 58.9 Å². The minimum atomic E-state index is -2.94. The van der Waals surface area contributed by atoms with Crippen molar-refractivity contribution in [1.29, 1.82) is 0 Å². The Morgan fingerprint density at radius 1 is 0.923 bits per heavy atom. The molecule has 3 amide bonds. The van der Waals surface area contributed by atoms with Gasteiger partial charge >= 0.3 is 6.03 Å². The number of rotatable bonds is 9. The lowest BCUT2D eigenvalue weighted by atomic mass is 9.89. The fraction of sp³-hybridized carbons (Fsp3) is 0.308. The minimum absolute atomic E-state index is 0.0794. The number of hydrogen-bond acceptors (Lipinski definition) is 7. The van der Waals surface area contributed by atoms with Crippen molar-refractivity contribution in [3.63, 3.8) is 0 Å². The van der Waals surface area contributed by atoms with Crippen LogP contribution in [0.5, 0.6) is 0 Å². The molecule has 7 rings (SSSR count). The van der Waals surface area contributed by atoms with Crippen molar-refractivity contribution >= 4 is 34.2 Å². The number of aromatic nitrogens is 3. The number of urea groups is 1. The number of likely N-dealkylation sites (tertiary alicyclic amines) is 1. The Balaban J connectivity index is 1.05. The topological polar surface area (TPSA) is 103 Å². The molecule has 2 N–H and O–H groups in total. The normalized spacial score (nSPS) is 16.4. The van der Waals surface area contributed by atoms with Crippen LogP contribution in [0.3, 0.4) is 0 Å². The van der Waals surface area contributed by atoms with Gasteiger partial charge in [0.2, 0.25) is 5.91 Å². The lowest BCUT2D eigenvalue weighted by Gasteiger charge is -2.32. The van der Waals surface area contributed by atoms with Gasteiger partial charge in [-0.15, -0.1) is 5.10 Å². The van der Waals surface area contributed by atoms with Crippen molar-refractivity contribution in [3.05, 3.63) is 113 Å². The van der Waals surface area contributed by atoms with Crippen molar-refractivity contribution in [2.45, 2.75) is 58.0 Å². The lowest BCUT2D eigenvalue weighted by Crippen LogP contribution is -2.49. The third-order valence-electron chi connectivity index (χ3n) is 10.0. The summed E-state index contributed by atoms with van der Waals surface area (Å²) in [5.74, 6) is -0.864. The molecular formula is C39H37F4N7O2. The van der Waals surface area contributed by atoms with Gasteiger partial charge in [-0.2, -0.15) is 5.10 Å². The van der Waals surface area contributed by atoms with E-state index in [-0.39, 0.29) is 23.7 Å². The average Bonchev–Trinajstić information content (AvgIpc) is 3.14. The average molecular weight is 712 g/mol. The number of hydrogen-bond donors (Lipinski definition) is 2. The van der Waals surface area contributed by atoms with Crippen LogP contribution in [0, 0.1) is 18.6 Å². The zero-order valence-corrected chi connectivity index (χ0v) is 28.7. The zero-order valence-electron chi connectivity index (χ0n) is 28.7. The van der Waals surface area contributed by atoms with Gasteiger partial charge in [0.15, 0.2) is 5.82 Å². The van der Waals surface area contributed by atoms with Crippen LogP contribution in [0.15, 0.2) is 72.9 Å². The molecule has 2 saturated heterocycles. The molecule has 0 aliphatic carbocycles. The van der Waals surface area contributed by atoms with E-state index in [2.05, 4.69) is 30.7 Å². The molecule has 0 spiro atoms. The van der Waals surface area contributed by atoms with Crippen LogP contribution in [-0.4, -0.2) is 51.7 Å². The first kappa shape index (κ1) is 35.0. The number of nitrogens with zero attached hydrogens (tertiary/aromatic N) is 5. The molecule has 52 heavy (non-hydrogen) atoms. The molecule has 2 fully saturated rings. The number of fused-ring (bicyclic) bond motifs is 1. The Kier molecular flexibility index (Phi) is 9.87. The molecule has 1 atom stereocenters. The molecule has 0 bridgehead atoms. The Hall–Kier alpha value is -5.43. The summed E-state index contributed by atoms with van der Waals surface area (Å²) in [5.41, 5.74) is 3.82. The fourth-order valence-corrected chi connectivity index (χ4v) is 7.05. The standard InChI is InChI=1S/C39H37F4N7O2/c1-22(29-4-3-5-30(36(29)41)37(42)43)45-38-31-19-34(44-20-32(31)23(2)47-48-38)26-8-11-33(40)27(18-26)21-49-15-12-25(13-16-49)24-6-9-28(10-7-24)50-17-14-35(51)46-39(50)52/h3-11,18-20,22,25,37H,12-17,21H2,1-2H3,(H,45,48)(H,46,51,52)/t22-/m1/s1. The first-order chi connectivity index (χ1) is 25.0. The van der Waals surface area contributed by atoms with E-state index < -0.39 is 29.9 Å². The quantitative estimate of drug-likeness (QED) is 0.149. The molecule has 3 aromatic carbocycles.